The van der Waals surface area contributed by atoms with Gasteiger partial charge in [0.1, 0.15) is 54.9 Å². The summed E-state index contributed by atoms with van der Waals surface area (Å²) in [6.45, 7) is 11.0. The summed E-state index contributed by atoms with van der Waals surface area (Å²) in [6.07, 6.45) is -11.9. The molecule has 19 heteroatoms. The molecule has 10 N–H and O–H groups in total. The number of carbonyl (C=O) groups excluding carboxylic acids is 1. The van der Waals surface area contributed by atoms with Crippen molar-refractivity contribution < 1.29 is 86.9 Å². The Balaban J connectivity index is 1.15. The Bertz CT molecular complexity index is 1790. The van der Waals surface area contributed by atoms with Crippen LogP contribution in [0.5, 0.6) is 0 Å². The minimum atomic E-state index is -4.93. The third-order valence-electron chi connectivity index (χ3n) is 17.5. The molecular weight excluding hydrogens is 825 g/mol. The van der Waals surface area contributed by atoms with Gasteiger partial charge in [0.05, 0.1) is 31.3 Å². The number of fused-ring (bicyclic) bond motifs is 7. The molecule has 4 saturated carbocycles. The topological polar surface area (TPSA) is 300 Å². The van der Waals surface area contributed by atoms with Crippen molar-refractivity contribution in [3.05, 3.63) is 11.6 Å². The van der Waals surface area contributed by atoms with Crippen LogP contribution >= 0.6 is 0 Å². The number of rotatable bonds is 9. The van der Waals surface area contributed by atoms with E-state index in [1.807, 2.05) is 0 Å². The highest BCUT2D eigenvalue weighted by Crippen LogP contribution is 2.76. The first-order valence-corrected chi connectivity index (χ1v) is 23.1. The summed E-state index contributed by atoms with van der Waals surface area (Å²) in [6, 6.07) is 0. The molecule has 7 rings (SSSR count). The summed E-state index contributed by atoms with van der Waals surface area (Å²) in [7, 11) is -4.93. The Labute approximate surface area is 357 Å². The minimum absolute atomic E-state index is 0.0170. The van der Waals surface area contributed by atoms with Crippen LogP contribution in [-0.2, 0) is 38.3 Å². The molecule has 6 fully saturated rings. The van der Waals surface area contributed by atoms with Crippen LogP contribution in [0.2, 0.25) is 0 Å². The average molecular weight is 893 g/mol. The van der Waals surface area contributed by atoms with Crippen LogP contribution < -0.4 is 0 Å². The molecule has 0 aromatic rings. The van der Waals surface area contributed by atoms with Crippen LogP contribution in [0.3, 0.4) is 0 Å². The molecule has 2 saturated heterocycles. The number of aliphatic hydroxyl groups is 9. The maximum Gasteiger partial charge on any atom is 0.397 e. The molecule has 20 atom stereocenters. The Morgan fingerprint density at radius 2 is 1.38 bits per heavy atom. The van der Waals surface area contributed by atoms with Gasteiger partial charge >= 0.3 is 16.4 Å². The smallest absolute Gasteiger partial charge is 0.397 e. The molecule has 18 nitrogen and oxygen atoms in total. The molecule has 0 spiro atoms. The molecule has 5 aliphatic carbocycles. The first-order valence-electron chi connectivity index (χ1n) is 21.7. The second-order valence-electron chi connectivity index (χ2n) is 21.2. The molecule has 61 heavy (non-hydrogen) atoms. The van der Waals surface area contributed by atoms with E-state index < -0.39 is 131 Å². The Hall–Kier alpha value is -1.40. The van der Waals surface area contributed by atoms with Gasteiger partial charge in [0, 0.05) is 5.41 Å². The monoisotopic (exact) mass is 892 g/mol. The first kappa shape index (κ1) is 47.6. The van der Waals surface area contributed by atoms with Crippen LogP contribution in [0.15, 0.2) is 11.6 Å². The third-order valence-corrected chi connectivity index (χ3v) is 17.9. The number of hydrogen-bond donors (Lipinski definition) is 10. The molecule has 0 bridgehead atoms. The Morgan fingerprint density at radius 1 is 0.770 bits per heavy atom. The van der Waals surface area contributed by atoms with Crippen molar-refractivity contribution in [3.63, 3.8) is 0 Å². The van der Waals surface area contributed by atoms with Crippen LogP contribution in [0.4, 0.5) is 0 Å². The number of aliphatic hydroxyl groups excluding tert-OH is 9. The number of esters is 1. The lowest BCUT2D eigenvalue weighted by molar-refractivity contribution is -0.328. The summed E-state index contributed by atoms with van der Waals surface area (Å²) >= 11 is 0. The van der Waals surface area contributed by atoms with E-state index in [1.165, 1.54) is 0 Å². The second kappa shape index (κ2) is 16.2. The van der Waals surface area contributed by atoms with Gasteiger partial charge in [0.15, 0.2) is 6.29 Å². The van der Waals surface area contributed by atoms with Gasteiger partial charge < -0.3 is 64.9 Å². The zero-order valence-corrected chi connectivity index (χ0v) is 36.7. The Kier molecular flexibility index (Phi) is 12.6. The molecule has 350 valence electrons. The van der Waals surface area contributed by atoms with Crippen LogP contribution in [0.1, 0.15) is 99.3 Å². The standard InChI is InChI=1S/C42H68O18S/c1-37(2)11-13-42(36(52)59-35-32(51)30(49)28(47)24(58-35)18-56-34-31(50)29(48)27(46)23(17-43)57-34)14-12-40(5)20(21(42)15-37)7-8-26-38(3)16-22(45)33(60-61(53,54)55)39(4,19-44)25(38)9-10-41(26,40)6/h7,21-35,43-51H,8-19H2,1-6H3,(H,53,54,55). The van der Waals surface area contributed by atoms with E-state index in [0.29, 0.717) is 51.4 Å². The molecule has 20 unspecified atom stereocenters. The minimum Gasteiger partial charge on any atom is -0.432 e. The summed E-state index contributed by atoms with van der Waals surface area (Å²) in [5, 5.41) is 95.6. The van der Waals surface area contributed by atoms with Crippen molar-refractivity contribution in [3.8, 4) is 0 Å². The highest BCUT2D eigenvalue weighted by atomic mass is 32.3. The van der Waals surface area contributed by atoms with Crippen molar-refractivity contribution in [2.45, 2.75) is 173 Å². The molecule has 0 aromatic heterocycles. The van der Waals surface area contributed by atoms with E-state index in [2.05, 4.69) is 40.7 Å². The fraction of sp³-hybridized carbons (Fsp3) is 0.929. The van der Waals surface area contributed by atoms with Gasteiger partial charge in [0.2, 0.25) is 6.29 Å². The van der Waals surface area contributed by atoms with Crippen molar-refractivity contribution in [2.75, 3.05) is 19.8 Å². The zero-order chi connectivity index (χ0) is 45.0. The molecule has 7 aliphatic rings. The van der Waals surface area contributed by atoms with E-state index in [1.54, 1.807) is 6.92 Å². The summed E-state index contributed by atoms with van der Waals surface area (Å²) in [4.78, 5) is 14.8. The molecular formula is C42H68O18S. The van der Waals surface area contributed by atoms with Crippen molar-refractivity contribution >= 4 is 16.4 Å². The van der Waals surface area contributed by atoms with E-state index in [0.717, 1.165) is 5.57 Å². The first-order chi connectivity index (χ1) is 28.2. The second-order valence-corrected chi connectivity index (χ2v) is 22.2. The van der Waals surface area contributed by atoms with Crippen LogP contribution in [-0.4, -0.2) is 158 Å². The fourth-order valence-electron chi connectivity index (χ4n) is 13.8. The van der Waals surface area contributed by atoms with Crippen molar-refractivity contribution in [1.82, 2.24) is 0 Å². The molecule has 2 heterocycles. The fourth-order valence-corrected chi connectivity index (χ4v) is 14.4. The normalized spacial score (nSPS) is 52.1. The number of carbonyl (C=O) groups is 1. The Morgan fingerprint density at radius 3 is 2.00 bits per heavy atom. The summed E-state index contributed by atoms with van der Waals surface area (Å²) < 4.78 is 61.5. The third kappa shape index (κ3) is 7.56. The highest BCUT2D eigenvalue weighted by molar-refractivity contribution is 7.80. The average Bonchev–Trinajstić information content (AvgIpc) is 3.18. The van der Waals surface area contributed by atoms with Gasteiger partial charge in [-0.15, -0.1) is 0 Å². The van der Waals surface area contributed by atoms with E-state index >= 15 is 0 Å². The van der Waals surface area contributed by atoms with Crippen LogP contribution in [0.25, 0.3) is 0 Å². The summed E-state index contributed by atoms with van der Waals surface area (Å²) in [5.74, 6) is -1.17. The van der Waals surface area contributed by atoms with Crippen molar-refractivity contribution in [2.24, 2.45) is 50.2 Å². The van der Waals surface area contributed by atoms with Crippen LogP contribution in [0, 0.1) is 50.2 Å². The van der Waals surface area contributed by atoms with Gasteiger partial charge in [-0.2, -0.15) is 8.42 Å². The summed E-state index contributed by atoms with van der Waals surface area (Å²) in [5.41, 5.74) is -2.59. The molecule has 2 aliphatic heterocycles. The van der Waals surface area contributed by atoms with E-state index in [9.17, 15) is 63.7 Å². The van der Waals surface area contributed by atoms with Gasteiger partial charge in [-0.05, 0) is 97.2 Å². The molecule has 0 amide bonds. The number of ether oxygens (including phenoxy) is 4. The zero-order valence-electron chi connectivity index (χ0n) is 35.9. The maximum atomic E-state index is 14.8. The lowest BCUT2D eigenvalue weighted by Gasteiger charge is -2.71. The van der Waals surface area contributed by atoms with E-state index in [-0.39, 0.29) is 35.0 Å². The molecule has 0 radical (unpaired) electrons. The molecule has 0 aromatic carbocycles. The van der Waals surface area contributed by atoms with E-state index in [4.69, 9.17) is 23.1 Å². The SMILES string of the molecule is CC1(C)CCC2(C(=O)OC3OC(COC4OC(CO)C(O)C(O)C4O)C(O)C(O)C3O)CCC3(C)C(=CCC4C5(C)CC(O)C(OS(=O)(=O)O)C(C)(CO)C5CCC43C)C2C1. The number of hydrogen-bond acceptors (Lipinski definition) is 17. The maximum absolute atomic E-state index is 14.8. The van der Waals surface area contributed by atoms with Gasteiger partial charge in [-0.3, -0.25) is 9.35 Å². The predicted molar refractivity (Wildman–Crippen MR) is 211 cm³/mol. The lowest BCUT2D eigenvalue weighted by atomic mass is 9.33. The number of allylic oxidation sites excluding steroid dienone is 2. The quantitative estimate of drug-likeness (QED) is 0.0833. The van der Waals surface area contributed by atoms with Gasteiger partial charge in [0.25, 0.3) is 0 Å². The van der Waals surface area contributed by atoms with Gasteiger partial charge in [-0.1, -0.05) is 53.2 Å². The van der Waals surface area contributed by atoms with Gasteiger partial charge in [-0.25, -0.2) is 4.18 Å². The predicted octanol–water partition coefficient (Wildman–Crippen LogP) is 0.0866. The van der Waals surface area contributed by atoms with Crippen molar-refractivity contribution in [1.29, 1.82) is 0 Å². The largest absolute Gasteiger partial charge is 0.432 e. The highest BCUT2D eigenvalue weighted by Gasteiger charge is 2.71. The lowest BCUT2D eigenvalue weighted by Crippen LogP contribution is -2.68.